The molecule has 11 heteroatoms. The lowest BCUT2D eigenvalue weighted by molar-refractivity contribution is -0.126. The van der Waals surface area contributed by atoms with Gasteiger partial charge in [-0.2, -0.15) is 0 Å². The summed E-state index contributed by atoms with van der Waals surface area (Å²) in [6.07, 6.45) is 1.46. The molecule has 0 fully saturated rings. The molecule has 4 aromatic rings. The molecule has 0 aliphatic carbocycles. The lowest BCUT2D eigenvalue weighted by Gasteiger charge is -2.29. The van der Waals surface area contributed by atoms with E-state index in [2.05, 4.69) is 14.9 Å². The molecule has 0 bridgehead atoms. The quantitative estimate of drug-likeness (QED) is 0.366. The largest absolute Gasteiger partial charge is 0.496 e. The van der Waals surface area contributed by atoms with Gasteiger partial charge in [0.15, 0.2) is 23.2 Å². The molecule has 1 N–H and O–H groups in total. The van der Waals surface area contributed by atoms with Crippen molar-refractivity contribution in [3.05, 3.63) is 88.8 Å². The fraction of sp³-hybridized carbons (Fsp3) is 0.200. The van der Waals surface area contributed by atoms with Gasteiger partial charge in [0.2, 0.25) is 6.79 Å². The molecule has 36 heavy (non-hydrogen) atoms. The third kappa shape index (κ3) is 4.86. The van der Waals surface area contributed by atoms with Crippen molar-refractivity contribution in [2.75, 3.05) is 13.9 Å². The van der Waals surface area contributed by atoms with Gasteiger partial charge in [0.25, 0.3) is 11.8 Å². The predicted octanol–water partition coefficient (Wildman–Crippen LogP) is 3.57. The summed E-state index contributed by atoms with van der Waals surface area (Å²) in [5, 5.41) is 8.39. The van der Waals surface area contributed by atoms with E-state index >= 15 is 0 Å². The molecule has 0 radical (unpaired) electrons. The van der Waals surface area contributed by atoms with Crippen LogP contribution in [-0.4, -0.2) is 40.2 Å². The number of carbonyl (C=O) groups is 2. The van der Waals surface area contributed by atoms with Gasteiger partial charge in [-0.25, -0.2) is 0 Å². The van der Waals surface area contributed by atoms with Gasteiger partial charge < -0.3 is 28.8 Å². The highest BCUT2D eigenvalue weighted by Gasteiger charge is 2.35. The van der Waals surface area contributed by atoms with Crippen molar-refractivity contribution in [2.45, 2.75) is 19.1 Å². The van der Waals surface area contributed by atoms with Gasteiger partial charge in [-0.05, 0) is 47.4 Å². The number of carbonyl (C=O) groups excluding carboxylic acids is 2. The summed E-state index contributed by atoms with van der Waals surface area (Å²) in [6, 6.07) is 15.0. The van der Waals surface area contributed by atoms with E-state index in [9.17, 15) is 9.59 Å². The van der Waals surface area contributed by atoms with Crippen molar-refractivity contribution >= 4 is 23.3 Å². The summed E-state index contributed by atoms with van der Waals surface area (Å²) in [5.41, 5.74) is 1.67. The number of ether oxygens (including phenoxy) is 3. The Kier molecular flexibility index (Phi) is 6.80. The number of methoxy groups -OCH3 is 1. The first-order valence-corrected chi connectivity index (χ1v) is 11.9. The Morgan fingerprint density at radius 3 is 2.78 bits per heavy atom. The number of benzene rings is 2. The maximum absolute atomic E-state index is 13.6. The Morgan fingerprint density at radius 2 is 2.00 bits per heavy atom. The highest BCUT2D eigenvalue weighted by atomic mass is 32.1. The second-order valence-corrected chi connectivity index (χ2v) is 8.47. The Hall–Kier alpha value is -4.38. The molecule has 2 aromatic heterocycles. The first kappa shape index (κ1) is 23.4. The lowest BCUT2D eigenvalue weighted by atomic mass is 10.1. The normalized spacial score (nSPS) is 12.7. The number of furan rings is 1. The Morgan fingerprint density at radius 1 is 1.14 bits per heavy atom. The molecule has 1 aliphatic rings. The lowest BCUT2D eigenvalue weighted by Crippen LogP contribution is -2.43. The SMILES string of the molecule is COc1ccccc1CN(C(=O)c1csnn1)[C@@H](C(=O)NCc1ccc2c(c1)OCO2)c1ccco1. The van der Waals surface area contributed by atoms with Gasteiger partial charge >= 0.3 is 0 Å². The summed E-state index contributed by atoms with van der Waals surface area (Å²) in [6.45, 7) is 0.446. The van der Waals surface area contributed by atoms with Crippen molar-refractivity contribution in [3.8, 4) is 17.2 Å². The van der Waals surface area contributed by atoms with Crippen molar-refractivity contribution in [1.82, 2.24) is 19.8 Å². The van der Waals surface area contributed by atoms with Gasteiger partial charge in [-0.3, -0.25) is 9.59 Å². The molecule has 1 atom stereocenters. The summed E-state index contributed by atoms with van der Waals surface area (Å²) in [7, 11) is 1.55. The van der Waals surface area contributed by atoms with Gasteiger partial charge in [0.1, 0.15) is 11.5 Å². The summed E-state index contributed by atoms with van der Waals surface area (Å²) >= 11 is 1.05. The minimum atomic E-state index is -1.08. The molecule has 3 heterocycles. The van der Waals surface area contributed by atoms with Crippen LogP contribution in [-0.2, 0) is 17.9 Å². The van der Waals surface area contributed by atoms with Crippen LogP contribution < -0.4 is 19.5 Å². The monoisotopic (exact) mass is 506 g/mol. The van der Waals surface area contributed by atoms with E-state index in [4.69, 9.17) is 18.6 Å². The first-order valence-electron chi connectivity index (χ1n) is 11.0. The molecule has 10 nitrogen and oxygen atoms in total. The number of hydrogen-bond acceptors (Lipinski definition) is 9. The van der Waals surface area contributed by atoms with E-state index in [0.29, 0.717) is 23.0 Å². The highest BCUT2D eigenvalue weighted by molar-refractivity contribution is 7.03. The van der Waals surface area contributed by atoms with E-state index in [1.54, 1.807) is 36.8 Å². The smallest absolute Gasteiger partial charge is 0.276 e. The standard InChI is InChI=1S/C25H22N4O6S/c1-32-19-6-3-2-5-17(19)13-29(25(31)18-14-36-28-27-18)23(21-7-4-10-33-21)24(30)26-12-16-8-9-20-22(11-16)35-15-34-20/h2-11,14,23H,12-13,15H2,1H3,(H,26,30)/t23-/m1/s1. The zero-order chi connectivity index (χ0) is 24.9. The van der Waals surface area contributed by atoms with Crippen LogP contribution in [0.5, 0.6) is 17.2 Å². The van der Waals surface area contributed by atoms with Gasteiger partial charge in [-0.15, -0.1) is 5.10 Å². The van der Waals surface area contributed by atoms with Crippen LogP contribution in [0.15, 0.2) is 70.7 Å². The zero-order valence-corrected chi connectivity index (χ0v) is 20.1. The third-order valence-electron chi connectivity index (χ3n) is 5.65. The second kappa shape index (κ2) is 10.5. The van der Waals surface area contributed by atoms with Crippen LogP contribution in [0.4, 0.5) is 0 Å². The molecule has 0 spiro atoms. The van der Waals surface area contributed by atoms with Crippen molar-refractivity contribution in [3.63, 3.8) is 0 Å². The van der Waals surface area contributed by atoms with E-state index in [0.717, 1.165) is 22.7 Å². The molecule has 184 valence electrons. The number of aromatic nitrogens is 2. The van der Waals surface area contributed by atoms with Gasteiger partial charge in [-0.1, -0.05) is 28.8 Å². The van der Waals surface area contributed by atoms with Crippen LogP contribution in [0.2, 0.25) is 0 Å². The van der Waals surface area contributed by atoms with E-state index in [1.165, 1.54) is 11.2 Å². The topological polar surface area (TPSA) is 116 Å². The molecular weight excluding hydrogens is 484 g/mol. The maximum atomic E-state index is 13.6. The average Bonchev–Trinajstić information content (AvgIpc) is 3.69. The van der Waals surface area contributed by atoms with Crippen molar-refractivity contribution < 1.29 is 28.2 Å². The number of para-hydroxylation sites is 1. The molecule has 0 saturated carbocycles. The first-order chi connectivity index (χ1) is 17.6. The van der Waals surface area contributed by atoms with Gasteiger partial charge in [0.05, 0.1) is 19.9 Å². The number of amides is 2. The Bertz CT molecular complexity index is 1340. The maximum Gasteiger partial charge on any atom is 0.276 e. The molecule has 2 amide bonds. The molecule has 0 saturated heterocycles. The summed E-state index contributed by atoms with van der Waals surface area (Å²) in [4.78, 5) is 28.6. The van der Waals surface area contributed by atoms with Crippen LogP contribution >= 0.6 is 11.5 Å². The van der Waals surface area contributed by atoms with E-state index < -0.39 is 17.9 Å². The number of rotatable bonds is 9. The second-order valence-electron chi connectivity index (χ2n) is 7.86. The number of hydrogen-bond donors (Lipinski definition) is 1. The Balaban J connectivity index is 1.46. The highest BCUT2D eigenvalue weighted by Crippen LogP contribution is 2.33. The Labute approximate surface area is 210 Å². The fourth-order valence-electron chi connectivity index (χ4n) is 3.91. The number of fused-ring (bicyclic) bond motifs is 1. The van der Waals surface area contributed by atoms with E-state index in [-0.39, 0.29) is 25.6 Å². The van der Waals surface area contributed by atoms with Crippen LogP contribution in [0.3, 0.4) is 0 Å². The predicted molar refractivity (Wildman–Crippen MR) is 129 cm³/mol. The fourth-order valence-corrected chi connectivity index (χ4v) is 4.34. The number of nitrogens with zero attached hydrogens (tertiary/aromatic N) is 3. The van der Waals surface area contributed by atoms with Crippen molar-refractivity contribution in [2.24, 2.45) is 0 Å². The zero-order valence-electron chi connectivity index (χ0n) is 19.2. The minimum absolute atomic E-state index is 0.0726. The molecule has 5 rings (SSSR count). The van der Waals surface area contributed by atoms with Crippen molar-refractivity contribution in [1.29, 1.82) is 0 Å². The van der Waals surface area contributed by atoms with E-state index in [1.807, 2.05) is 30.3 Å². The summed E-state index contributed by atoms with van der Waals surface area (Å²) in [5.74, 6) is 1.29. The number of nitrogens with one attached hydrogen (secondary N) is 1. The third-order valence-corrected chi connectivity index (χ3v) is 6.15. The summed E-state index contributed by atoms with van der Waals surface area (Å²) < 4.78 is 25.7. The molecule has 0 unspecified atom stereocenters. The van der Waals surface area contributed by atoms with Crippen LogP contribution in [0, 0.1) is 0 Å². The minimum Gasteiger partial charge on any atom is -0.496 e. The molecular formula is C25H22N4O6S. The van der Waals surface area contributed by atoms with Crippen LogP contribution in [0.25, 0.3) is 0 Å². The molecule has 2 aromatic carbocycles. The average molecular weight is 507 g/mol. The molecule has 1 aliphatic heterocycles. The van der Waals surface area contributed by atoms with Crippen LogP contribution in [0.1, 0.15) is 33.4 Å². The van der Waals surface area contributed by atoms with Gasteiger partial charge in [0, 0.05) is 17.5 Å².